The van der Waals surface area contributed by atoms with Crippen LogP contribution in [0.3, 0.4) is 0 Å². The normalized spacial score (nSPS) is 11.9. The Kier molecular flexibility index (Phi) is 4.28. The van der Waals surface area contributed by atoms with E-state index in [1.54, 1.807) is 19.9 Å². The number of benzene rings is 1. The molecule has 0 fully saturated rings. The molecule has 0 saturated carbocycles. The number of allylic oxidation sites excluding steroid dienone is 2. The zero-order valence-electron chi connectivity index (χ0n) is 8.78. The van der Waals surface area contributed by atoms with Crippen molar-refractivity contribution in [1.82, 2.24) is 0 Å². The lowest BCUT2D eigenvalue weighted by atomic mass is 10.0. The standard InChI is InChI=1S/C12H13ClF2/c1-8(4-3-7-13)11-10(14)6-5-9(2)12(11)15/h4-6H,3,7H2,1-2H3/b8-4-. The average Bonchev–Trinajstić information content (AvgIpc) is 2.21. The van der Waals surface area contributed by atoms with Gasteiger partial charge in [0.15, 0.2) is 0 Å². The van der Waals surface area contributed by atoms with Crippen LogP contribution < -0.4 is 0 Å². The Morgan fingerprint density at radius 1 is 1.40 bits per heavy atom. The summed E-state index contributed by atoms with van der Waals surface area (Å²) < 4.78 is 27.0. The maximum absolute atomic E-state index is 13.6. The zero-order chi connectivity index (χ0) is 11.4. The molecule has 15 heavy (non-hydrogen) atoms. The summed E-state index contributed by atoms with van der Waals surface area (Å²) in [6, 6.07) is 2.72. The molecule has 3 heteroatoms. The van der Waals surface area contributed by atoms with E-state index in [0.29, 0.717) is 23.4 Å². The smallest absolute Gasteiger partial charge is 0.136 e. The molecule has 0 heterocycles. The van der Waals surface area contributed by atoms with Crippen molar-refractivity contribution in [3.63, 3.8) is 0 Å². The Morgan fingerprint density at radius 2 is 2.07 bits per heavy atom. The van der Waals surface area contributed by atoms with Crippen LogP contribution in [0.25, 0.3) is 5.57 Å². The number of aryl methyl sites for hydroxylation is 1. The fourth-order valence-corrected chi connectivity index (χ4v) is 1.50. The molecule has 0 nitrogen and oxygen atoms in total. The number of halogens is 3. The van der Waals surface area contributed by atoms with E-state index in [1.807, 2.05) is 0 Å². The first-order chi connectivity index (χ1) is 7.07. The van der Waals surface area contributed by atoms with Crippen molar-refractivity contribution in [2.75, 3.05) is 5.88 Å². The molecule has 0 aromatic heterocycles. The first-order valence-corrected chi connectivity index (χ1v) is 5.29. The summed E-state index contributed by atoms with van der Waals surface area (Å²) in [5, 5.41) is 0. The van der Waals surface area contributed by atoms with E-state index in [2.05, 4.69) is 0 Å². The van der Waals surface area contributed by atoms with Crippen LogP contribution in [0, 0.1) is 18.6 Å². The summed E-state index contributed by atoms with van der Waals surface area (Å²) >= 11 is 5.51. The molecular formula is C12H13ClF2. The van der Waals surface area contributed by atoms with Gasteiger partial charge in [-0.2, -0.15) is 0 Å². The number of rotatable bonds is 3. The van der Waals surface area contributed by atoms with Gasteiger partial charge in [-0.05, 0) is 37.5 Å². The van der Waals surface area contributed by atoms with Crippen LogP contribution >= 0.6 is 11.6 Å². The van der Waals surface area contributed by atoms with Crippen LogP contribution in [-0.2, 0) is 0 Å². The number of alkyl halides is 1. The topological polar surface area (TPSA) is 0 Å². The van der Waals surface area contributed by atoms with Crippen LogP contribution in [0.1, 0.15) is 24.5 Å². The van der Waals surface area contributed by atoms with Gasteiger partial charge < -0.3 is 0 Å². The van der Waals surface area contributed by atoms with Crippen molar-refractivity contribution in [3.8, 4) is 0 Å². The van der Waals surface area contributed by atoms with Crippen LogP contribution in [0.5, 0.6) is 0 Å². The molecule has 0 atom stereocenters. The van der Waals surface area contributed by atoms with Gasteiger partial charge in [0.25, 0.3) is 0 Å². The lowest BCUT2D eigenvalue weighted by molar-refractivity contribution is 0.571. The molecule has 0 N–H and O–H groups in total. The Balaban J connectivity index is 3.18. The van der Waals surface area contributed by atoms with Crippen molar-refractivity contribution >= 4 is 17.2 Å². The molecule has 0 spiro atoms. The Bertz CT molecular complexity index is 383. The van der Waals surface area contributed by atoms with Gasteiger partial charge in [0.05, 0.1) is 0 Å². The van der Waals surface area contributed by atoms with Gasteiger partial charge in [-0.25, -0.2) is 8.78 Å². The summed E-state index contributed by atoms with van der Waals surface area (Å²) in [5.41, 5.74) is 1.10. The van der Waals surface area contributed by atoms with Crippen molar-refractivity contribution in [1.29, 1.82) is 0 Å². The van der Waals surface area contributed by atoms with E-state index in [1.165, 1.54) is 12.1 Å². The van der Waals surface area contributed by atoms with Crippen molar-refractivity contribution in [3.05, 3.63) is 41.0 Å². The Labute approximate surface area is 93.6 Å². The first-order valence-electron chi connectivity index (χ1n) is 4.75. The largest absolute Gasteiger partial charge is 0.206 e. The Hall–Kier alpha value is -0.890. The average molecular weight is 231 g/mol. The third-order valence-electron chi connectivity index (χ3n) is 2.24. The van der Waals surface area contributed by atoms with Crippen LogP contribution in [0.15, 0.2) is 18.2 Å². The summed E-state index contributed by atoms with van der Waals surface area (Å²) in [4.78, 5) is 0. The van der Waals surface area contributed by atoms with Gasteiger partial charge in [-0.15, -0.1) is 11.6 Å². The molecule has 0 aliphatic heterocycles. The maximum Gasteiger partial charge on any atom is 0.136 e. The van der Waals surface area contributed by atoms with E-state index >= 15 is 0 Å². The van der Waals surface area contributed by atoms with Gasteiger partial charge in [0, 0.05) is 11.4 Å². The van der Waals surface area contributed by atoms with Gasteiger partial charge in [0.1, 0.15) is 11.6 Å². The van der Waals surface area contributed by atoms with Gasteiger partial charge in [-0.1, -0.05) is 12.1 Å². The minimum absolute atomic E-state index is 0.0557. The predicted molar refractivity (Wildman–Crippen MR) is 60.1 cm³/mol. The summed E-state index contributed by atoms with van der Waals surface area (Å²) in [5.74, 6) is -0.563. The van der Waals surface area contributed by atoms with E-state index in [4.69, 9.17) is 11.6 Å². The minimum Gasteiger partial charge on any atom is -0.206 e. The molecule has 0 radical (unpaired) electrons. The van der Waals surface area contributed by atoms with E-state index in [9.17, 15) is 8.78 Å². The number of hydrogen-bond donors (Lipinski definition) is 0. The van der Waals surface area contributed by atoms with Gasteiger partial charge in [-0.3, -0.25) is 0 Å². The molecule has 0 aliphatic rings. The molecule has 0 bridgehead atoms. The summed E-state index contributed by atoms with van der Waals surface area (Å²) in [7, 11) is 0. The third-order valence-corrected chi connectivity index (χ3v) is 2.46. The molecular weight excluding hydrogens is 218 g/mol. The van der Waals surface area contributed by atoms with Crippen molar-refractivity contribution in [2.45, 2.75) is 20.3 Å². The monoisotopic (exact) mass is 230 g/mol. The number of hydrogen-bond acceptors (Lipinski definition) is 0. The second kappa shape index (κ2) is 5.26. The van der Waals surface area contributed by atoms with E-state index in [-0.39, 0.29) is 5.56 Å². The van der Waals surface area contributed by atoms with Gasteiger partial charge >= 0.3 is 0 Å². The fourth-order valence-electron chi connectivity index (χ4n) is 1.39. The van der Waals surface area contributed by atoms with Crippen LogP contribution in [0.4, 0.5) is 8.78 Å². The molecule has 0 aliphatic carbocycles. The summed E-state index contributed by atoms with van der Waals surface area (Å²) in [6.07, 6.45) is 2.36. The highest BCUT2D eigenvalue weighted by Crippen LogP contribution is 2.24. The third kappa shape index (κ3) is 2.78. The minimum atomic E-state index is -0.526. The quantitative estimate of drug-likeness (QED) is 0.679. The van der Waals surface area contributed by atoms with E-state index in [0.717, 1.165) is 0 Å². The maximum atomic E-state index is 13.6. The molecule has 82 valence electrons. The molecule has 1 aromatic rings. The first kappa shape index (κ1) is 12.2. The lowest BCUT2D eigenvalue weighted by Gasteiger charge is -2.07. The second-order valence-electron chi connectivity index (χ2n) is 3.42. The van der Waals surface area contributed by atoms with Gasteiger partial charge in [0.2, 0.25) is 0 Å². The Morgan fingerprint density at radius 3 is 2.67 bits per heavy atom. The van der Waals surface area contributed by atoms with E-state index < -0.39 is 11.6 Å². The fraction of sp³-hybridized carbons (Fsp3) is 0.333. The highest BCUT2D eigenvalue weighted by atomic mass is 35.5. The lowest BCUT2D eigenvalue weighted by Crippen LogP contribution is -1.96. The molecule has 1 rings (SSSR count). The molecule has 1 aromatic carbocycles. The molecule has 0 amide bonds. The van der Waals surface area contributed by atoms with Crippen LogP contribution in [0.2, 0.25) is 0 Å². The second-order valence-corrected chi connectivity index (χ2v) is 3.80. The highest BCUT2D eigenvalue weighted by Gasteiger charge is 2.12. The van der Waals surface area contributed by atoms with Crippen LogP contribution in [-0.4, -0.2) is 5.88 Å². The van der Waals surface area contributed by atoms with Crippen molar-refractivity contribution in [2.24, 2.45) is 0 Å². The summed E-state index contributed by atoms with van der Waals surface area (Å²) in [6.45, 7) is 3.31. The zero-order valence-corrected chi connectivity index (χ0v) is 9.54. The molecule has 0 unspecified atom stereocenters. The highest BCUT2D eigenvalue weighted by molar-refractivity contribution is 6.17. The van der Waals surface area contributed by atoms with Crippen molar-refractivity contribution < 1.29 is 8.78 Å². The molecule has 0 saturated heterocycles. The predicted octanol–water partition coefficient (Wildman–Crippen LogP) is 4.31. The SMILES string of the molecule is C/C(=C/CCCl)c1c(F)ccc(C)c1F.